The van der Waals surface area contributed by atoms with Crippen LogP contribution in [0.3, 0.4) is 0 Å². The topological polar surface area (TPSA) is 49.6 Å². The van der Waals surface area contributed by atoms with Gasteiger partial charge in [0.1, 0.15) is 10.1 Å². The molecular formula is C17H18N6S2. The number of rotatable bonds is 3. The summed E-state index contributed by atoms with van der Waals surface area (Å²) in [6.07, 6.45) is 7.56. The number of piperazine rings is 1. The second-order valence-corrected chi connectivity index (χ2v) is 7.38. The van der Waals surface area contributed by atoms with E-state index in [4.69, 9.17) is 12.2 Å². The van der Waals surface area contributed by atoms with Gasteiger partial charge in [0.25, 0.3) is 0 Å². The Morgan fingerprint density at radius 2 is 1.92 bits per heavy atom. The SMILES string of the molecule is S=C(SCc1cn2cccnc2n1)N1CCN(c2ccccn2)CC1. The molecule has 4 rings (SSSR count). The molecule has 0 atom stereocenters. The van der Waals surface area contributed by atoms with E-state index in [0.29, 0.717) is 0 Å². The summed E-state index contributed by atoms with van der Waals surface area (Å²) >= 11 is 7.28. The summed E-state index contributed by atoms with van der Waals surface area (Å²) in [5.74, 6) is 2.54. The molecule has 128 valence electrons. The number of hydrogen-bond acceptors (Lipinski definition) is 6. The summed E-state index contributed by atoms with van der Waals surface area (Å²) in [4.78, 5) is 17.8. The van der Waals surface area contributed by atoms with E-state index in [2.05, 4.69) is 30.8 Å². The Hall–Kier alpha value is -2.19. The maximum Gasteiger partial charge on any atom is 0.233 e. The lowest BCUT2D eigenvalue weighted by atomic mass is 10.3. The Kier molecular flexibility index (Phi) is 4.80. The van der Waals surface area contributed by atoms with Crippen LogP contribution in [0.1, 0.15) is 5.69 Å². The molecule has 0 aliphatic carbocycles. The maximum absolute atomic E-state index is 5.61. The molecule has 0 radical (unpaired) electrons. The molecule has 0 bridgehead atoms. The van der Waals surface area contributed by atoms with E-state index in [1.165, 1.54) is 0 Å². The van der Waals surface area contributed by atoms with Gasteiger partial charge in [-0.3, -0.25) is 4.40 Å². The van der Waals surface area contributed by atoms with Gasteiger partial charge in [0, 0.05) is 56.7 Å². The lowest BCUT2D eigenvalue weighted by Crippen LogP contribution is -2.47. The molecule has 8 heteroatoms. The molecule has 0 saturated carbocycles. The van der Waals surface area contributed by atoms with E-state index in [9.17, 15) is 0 Å². The number of hydrogen-bond donors (Lipinski definition) is 0. The third kappa shape index (κ3) is 3.74. The van der Waals surface area contributed by atoms with Crippen molar-refractivity contribution < 1.29 is 0 Å². The summed E-state index contributed by atoms with van der Waals surface area (Å²) in [7, 11) is 0. The van der Waals surface area contributed by atoms with Gasteiger partial charge in [0.15, 0.2) is 0 Å². The fourth-order valence-corrected chi connectivity index (χ4v) is 3.97. The van der Waals surface area contributed by atoms with Gasteiger partial charge in [-0.05, 0) is 18.2 Å². The third-order valence-corrected chi connectivity index (χ3v) is 5.70. The van der Waals surface area contributed by atoms with E-state index in [1.54, 1.807) is 18.0 Å². The highest BCUT2D eigenvalue weighted by Crippen LogP contribution is 2.19. The average molecular weight is 371 g/mol. The molecule has 6 nitrogen and oxygen atoms in total. The minimum Gasteiger partial charge on any atom is -0.354 e. The Morgan fingerprint density at radius 3 is 2.68 bits per heavy atom. The highest BCUT2D eigenvalue weighted by Gasteiger charge is 2.20. The van der Waals surface area contributed by atoms with Crippen molar-refractivity contribution in [3.05, 3.63) is 54.7 Å². The highest BCUT2D eigenvalue weighted by molar-refractivity contribution is 8.22. The van der Waals surface area contributed by atoms with Gasteiger partial charge < -0.3 is 9.80 Å². The normalized spacial score (nSPS) is 14.9. The minimum absolute atomic E-state index is 0.730. The lowest BCUT2D eigenvalue weighted by Gasteiger charge is -2.36. The predicted molar refractivity (Wildman–Crippen MR) is 105 cm³/mol. The molecule has 3 aromatic rings. The molecule has 1 aliphatic rings. The summed E-state index contributed by atoms with van der Waals surface area (Å²) in [6, 6.07) is 7.93. The number of imidazole rings is 1. The van der Waals surface area contributed by atoms with Crippen molar-refractivity contribution in [1.82, 2.24) is 24.3 Å². The van der Waals surface area contributed by atoms with Crippen molar-refractivity contribution in [1.29, 1.82) is 0 Å². The van der Waals surface area contributed by atoms with E-state index < -0.39 is 0 Å². The zero-order valence-corrected chi connectivity index (χ0v) is 15.3. The highest BCUT2D eigenvalue weighted by atomic mass is 32.2. The zero-order chi connectivity index (χ0) is 17.1. The van der Waals surface area contributed by atoms with Crippen LogP contribution < -0.4 is 4.90 Å². The first kappa shape index (κ1) is 16.3. The van der Waals surface area contributed by atoms with Crippen LogP contribution in [-0.4, -0.2) is 54.8 Å². The fourth-order valence-electron chi connectivity index (χ4n) is 2.83. The van der Waals surface area contributed by atoms with Gasteiger partial charge in [0.05, 0.1) is 5.69 Å². The number of pyridine rings is 1. The Balaban J connectivity index is 1.30. The van der Waals surface area contributed by atoms with Crippen LogP contribution in [0.5, 0.6) is 0 Å². The first-order valence-electron chi connectivity index (χ1n) is 8.16. The van der Waals surface area contributed by atoms with Crippen molar-refractivity contribution >= 4 is 39.9 Å². The van der Waals surface area contributed by atoms with Gasteiger partial charge in [-0.1, -0.05) is 30.0 Å². The number of fused-ring (bicyclic) bond motifs is 1. The molecule has 0 aromatic carbocycles. The molecule has 0 spiro atoms. The van der Waals surface area contributed by atoms with Gasteiger partial charge in [-0.15, -0.1) is 0 Å². The van der Waals surface area contributed by atoms with Crippen LogP contribution in [0.4, 0.5) is 5.82 Å². The van der Waals surface area contributed by atoms with Gasteiger partial charge >= 0.3 is 0 Å². The quantitative estimate of drug-likeness (QED) is 0.657. The first-order valence-corrected chi connectivity index (χ1v) is 9.55. The summed E-state index contributed by atoms with van der Waals surface area (Å²) in [5, 5.41) is 0. The van der Waals surface area contributed by atoms with E-state index >= 15 is 0 Å². The molecule has 0 N–H and O–H groups in total. The molecule has 3 aromatic heterocycles. The zero-order valence-electron chi connectivity index (χ0n) is 13.7. The Bertz CT molecular complexity index is 825. The Morgan fingerprint density at radius 1 is 1.08 bits per heavy atom. The van der Waals surface area contributed by atoms with Crippen molar-refractivity contribution in [2.45, 2.75) is 5.75 Å². The van der Waals surface area contributed by atoms with Crippen molar-refractivity contribution in [3.63, 3.8) is 0 Å². The molecule has 0 amide bonds. The number of nitrogens with zero attached hydrogens (tertiary/aromatic N) is 6. The van der Waals surface area contributed by atoms with Gasteiger partial charge in [-0.2, -0.15) is 0 Å². The molecule has 1 fully saturated rings. The second kappa shape index (κ2) is 7.37. The van der Waals surface area contributed by atoms with Gasteiger partial charge in [-0.25, -0.2) is 15.0 Å². The average Bonchev–Trinajstić information content (AvgIpc) is 3.10. The molecule has 4 heterocycles. The molecular weight excluding hydrogens is 352 g/mol. The van der Waals surface area contributed by atoms with Crippen LogP contribution in [-0.2, 0) is 5.75 Å². The van der Waals surface area contributed by atoms with Crippen LogP contribution in [0, 0.1) is 0 Å². The minimum atomic E-state index is 0.730. The molecule has 0 unspecified atom stereocenters. The van der Waals surface area contributed by atoms with Crippen LogP contribution in [0.25, 0.3) is 5.78 Å². The first-order chi connectivity index (χ1) is 12.3. The smallest absolute Gasteiger partial charge is 0.233 e. The maximum atomic E-state index is 5.61. The second-order valence-electron chi connectivity index (χ2n) is 5.78. The van der Waals surface area contributed by atoms with Crippen molar-refractivity contribution in [3.8, 4) is 0 Å². The van der Waals surface area contributed by atoms with Crippen LogP contribution in [0.2, 0.25) is 0 Å². The number of thioether (sulfide) groups is 1. The van der Waals surface area contributed by atoms with Crippen molar-refractivity contribution in [2.75, 3.05) is 31.1 Å². The fraction of sp³-hybridized carbons (Fsp3) is 0.294. The summed E-state index contributed by atoms with van der Waals surface area (Å²) < 4.78 is 2.87. The van der Waals surface area contributed by atoms with Crippen molar-refractivity contribution in [2.24, 2.45) is 0 Å². The molecule has 1 aliphatic heterocycles. The van der Waals surface area contributed by atoms with Gasteiger partial charge in [0.2, 0.25) is 5.78 Å². The summed E-state index contributed by atoms with van der Waals surface area (Å²) in [5.41, 5.74) is 0.998. The lowest BCUT2D eigenvalue weighted by molar-refractivity contribution is 0.396. The van der Waals surface area contributed by atoms with E-state index in [-0.39, 0.29) is 0 Å². The monoisotopic (exact) mass is 370 g/mol. The van der Waals surface area contributed by atoms with E-state index in [1.807, 2.05) is 41.2 Å². The van der Waals surface area contributed by atoms with Crippen LogP contribution in [0.15, 0.2) is 49.1 Å². The number of thiocarbonyl (C=S) groups is 1. The number of anilines is 1. The van der Waals surface area contributed by atoms with Crippen LogP contribution >= 0.6 is 24.0 Å². The molecule has 1 saturated heterocycles. The largest absolute Gasteiger partial charge is 0.354 e. The standard InChI is InChI=1S/C17H18N6S2/c24-17(25-13-14-12-23-7-3-6-19-16(23)20-14)22-10-8-21(9-11-22)15-4-1-2-5-18-15/h1-7,12H,8-11,13H2. The molecule has 25 heavy (non-hydrogen) atoms. The summed E-state index contributed by atoms with van der Waals surface area (Å²) in [6.45, 7) is 3.73. The third-order valence-electron chi connectivity index (χ3n) is 4.14. The van der Waals surface area contributed by atoms with E-state index in [0.717, 1.165) is 53.5 Å². The Labute approximate surface area is 155 Å². The number of aromatic nitrogens is 4. The predicted octanol–water partition coefficient (Wildman–Crippen LogP) is 2.46.